The minimum Gasteiger partial charge on any atom is -0.344 e. The normalized spacial score (nSPS) is 14.5. The van der Waals surface area contributed by atoms with Crippen LogP contribution < -0.4 is 4.90 Å². The molecule has 0 unspecified atom stereocenters. The summed E-state index contributed by atoms with van der Waals surface area (Å²) in [6.45, 7) is 7.51. The first-order chi connectivity index (χ1) is 13.6. The predicted octanol–water partition coefficient (Wildman–Crippen LogP) is 4.36. The molecule has 28 heavy (non-hydrogen) atoms. The van der Waals surface area contributed by atoms with Gasteiger partial charge in [-0.25, -0.2) is 8.78 Å². The smallest absolute Gasteiger partial charge is 0.205 e. The molecule has 0 spiro atoms. The number of hydrogen-bond acceptors (Lipinski definition) is 6. The first kappa shape index (κ1) is 20.6. The molecule has 0 saturated carbocycles. The third-order valence-electron chi connectivity index (χ3n) is 4.29. The van der Waals surface area contributed by atoms with Crippen LogP contribution in [-0.2, 0) is 0 Å². The molecular weight excluding hydrogens is 404 g/mol. The highest BCUT2D eigenvalue weighted by Crippen LogP contribution is 2.25. The minimum atomic E-state index is -0.799. The quantitative estimate of drug-likeness (QED) is 0.626. The lowest BCUT2D eigenvalue weighted by Crippen LogP contribution is -2.46. The van der Waals surface area contributed by atoms with Crippen molar-refractivity contribution in [3.05, 3.63) is 59.4 Å². The van der Waals surface area contributed by atoms with Gasteiger partial charge in [0.2, 0.25) is 5.13 Å². The number of halogens is 3. The Morgan fingerprint density at radius 2 is 1.75 bits per heavy atom. The van der Waals surface area contributed by atoms with Gasteiger partial charge in [0.05, 0.1) is 5.02 Å². The van der Waals surface area contributed by atoms with Crippen molar-refractivity contribution in [3.63, 3.8) is 0 Å². The van der Waals surface area contributed by atoms with E-state index >= 15 is 0 Å². The van der Waals surface area contributed by atoms with Crippen LogP contribution >= 0.6 is 23.1 Å². The fraction of sp³-hybridized carbons (Fsp3) is 0.316. The van der Waals surface area contributed by atoms with Crippen molar-refractivity contribution in [1.82, 2.24) is 19.2 Å². The average molecular weight is 424 g/mol. The fourth-order valence-electron chi connectivity index (χ4n) is 2.69. The van der Waals surface area contributed by atoms with Gasteiger partial charge in [0.25, 0.3) is 0 Å². The van der Waals surface area contributed by atoms with Crippen molar-refractivity contribution in [1.29, 1.82) is 0 Å². The number of anilines is 1. The summed E-state index contributed by atoms with van der Waals surface area (Å²) >= 11 is 7.39. The molecule has 9 heteroatoms. The van der Waals surface area contributed by atoms with E-state index in [-0.39, 0.29) is 0 Å². The molecule has 1 aromatic carbocycles. The lowest BCUT2D eigenvalue weighted by atomic mass is 10.3. The van der Waals surface area contributed by atoms with Crippen LogP contribution in [0, 0.1) is 11.6 Å². The van der Waals surface area contributed by atoms with Gasteiger partial charge in [0, 0.05) is 55.7 Å². The number of hydrogen-bond donors (Lipinski definition) is 0. The molecule has 0 bridgehead atoms. The second-order valence-electron chi connectivity index (χ2n) is 6.13. The third kappa shape index (κ3) is 5.43. The second-order valence-corrected chi connectivity index (χ2v) is 7.29. The predicted molar refractivity (Wildman–Crippen MR) is 109 cm³/mol. The van der Waals surface area contributed by atoms with Gasteiger partial charge in [-0.15, -0.1) is 0 Å². The molecular formula is C19H20ClF2N5S. The van der Waals surface area contributed by atoms with Crippen LogP contribution in [0.5, 0.6) is 0 Å². The molecule has 0 aliphatic carbocycles. The second kappa shape index (κ2) is 9.86. The molecule has 0 N–H and O–H groups in total. The molecule has 0 radical (unpaired) electrons. The number of piperazine rings is 1. The van der Waals surface area contributed by atoms with E-state index in [1.54, 1.807) is 12.4 Å². The number of rotatable bonds is 3. The lowest BCUT2D eigenvalue weighted by Gasteiger charge is -2.33. The Bertz CT molecular complexity index is 878. The molecule has 4 rings (SSSR count). The van der Waals surface area contributed by atoms with E-state index in [4.69, 9.17) is 11.6 Å². The van der Waals surface area contributed by atoms with E-state index in [0.717, 1.165) is 55.6 Å². The summed E-state index contributed by atoms with van der Waals surface area (Å²) in [5.41, 5.74) is 0.868. The summed E-state index contributed by atoms with van der Waals surface area (Å²) < 4.78 is 28.3. The van der Waals surface area contributed by atoms with Crippen molar-refractivity contribution in [2.24, 2.45) is 0 Å². The summed E-state index contributed by atoms with van der Waals surface area (Å²) in [5, 5.41) is 1.59. The molecule has 1 saturated heterocycles. The SMILES string of the molecule is CCN1CCN(c2nc(-c3cncc(Cl)c3)ns2)CC1.Fc1ccccc1F. The zero-order chi connectivity index (χ0) is 19.9. The Balaban J connectivity index is 0.000000236. The molecule has 1 aliphatic rings. The summed E-state index contributed by atoms with van der Waals surface area (Å²) in [6.07, 6.45) is 3.36. The molecule has 5 nitrogen and oxygen atoms in total. The van der Waals surface area contributed by atoms with E-state index in [9.17, 15) is 8.78 Å². The largest absolute Gasteiger partial charge is 0.344 e. The van der Waals surface area contributed by atoms with Crippen molar-refractivity contribution < 1.29 is 8.78 Å². The van der Waals surface area contributed by atoms with E-state index in [1.165, 1.54) is 23.7 Å². The Labute approximate surface area is 171 Å². The van der Waals surface area contributed by atoms with Crippen LogP contribution in [0.2, 0.25) is 5.02 Å². The summed E-state index contributed by atoms with van der Waals surface area (Å²) in [5.74, 6) is -0.891. The van der Waals surface area contributed by atoms with Gasteiger partial charge in [-0.05, 0) is 24.7 Å². The third-order valence-corrected chi connectivity index (χ3v) is 5.28. The van der Waals surface area contributed by atoms with Crippen LogP contribution in [0.1, 0.15) is 6.92 Å². The molecule has 3 aromatic rings. The Kier molecular flexibility index (Phi) is 7.24. The maximum Gasteiger partial charge on any atom is 0.205 e. The van der Waals surface area contributed by atoms with Gasteiger partial charge in [0.15, 0.2) is 17.5 Å². The van der Waals surface area contributed by atoms with Gasteiger partial charge < -0.3 is 9.80 Å². The van der Waals surface area contributed by atoms with E-state index in [1.807, 2.05) is 6.07 Å². The number of likely N-dealkylation sites (N-methyl/N-ethyl adjacent to an activating group) is 1. The molecule has 148 valence electrons. The molecule has 1 fully saturated rings. The Hall–Kier alpha value is -2.16. The summed E-state index contributed by atoms with van der Waals surface area (Å²) in [7, 11) is 0. The van der Waals surface area contributed by atoms with Gasteiger partial charge in [-0.3, -0.25) is 4.98 Å². The summed E-state index contributed by atoms with van der Waals surface area (Å²) in [4.78, 5) is 13.4. The van der Waals surface area contributed by atoms with Gasteiger partial charge in [-0.1, -0.05) is 30.7 Å². The molecule has 2 aromatic heterocycles. The minimum absolute atomic E-state index is 0.607. The van der Waals surface area contributed by atoms with Crippen molar-refractivity contribution in [2.75, 3.05) is 37.6 Å². The summed E-state index contributed by atoms with van der Waals surface area (Å²) in [6, 6.07) is 6.89. The van der Waals surface area contributed by atoms with Gasteiger partial charge in [-0.2, -0.15) is 9.36 Å². The molecule has 0 atom stereocenters. The number of benzene rings is 1. The molecule has 0 amide bonds. The lowest BCUT2D eigenvalue weighted by molar-refractivity contribution is 0.271. The van der Waals surface area contributed by atoms with E-state index in [0.29, 0.717) is 10.8 Å². The van der Waals surface area contributed by atoms with Crippen molar-refractivity contribution >= 4 is 28.3 Å². The van der Waals surface area contributed by atoms with Gasteiger partial charge in [0.1, 0.15) is 0 Å². The number of aromatic nitrogens is 3. The highest BCUT2D eigenvalue weighted by atomic mass is 35.5. The number of nitrogens with zero attached hydrogens (tertiary/aromatic N) is 5. The fourth-order valence-corrected chi connectivity index (χ4v) is 3.60. The maximum absolute atomic E-state index is 11.9. The van der Waals surface area contributed by atoms with Crippen LogP contribution in [-0.4, -0.2) is 52.0 Å². The van der Waals surface area contributed by atoms with Crippen LogP contribution in [0.15, 0.2) is 42.7 Å². The molecule has 3 heterocycles. The van der Waals surface area contributed by atoms with E-state index < -0.39 is 11.6 Å². The van der Waals surface area contributed by atoms with Gasteiger partial charge >= 0.3 is 0 Å². The monoisotopic (exact) mass is 423 g/mol. The van der Waals surface area contributed by atoms with Crippen molar-refractivity contribution in [3.8, 4) is 11.4 Å². The van der Waals surface area contributed by atoms with E-state index in [2.05, 4.69) is 31.1 Å². The zero-order valence-electron chi connectivity index (χ0n) is 15.4. The topological polar surface area (TPSA) is 45.2 Å². The average Bonchev–Trinajstić information content (AvgIpc) is 3.21. The number of pyridine rings is 1. The highest BCUT2D eigenvalue weighted by molar-refractivity contribution is 7.09. The van der Waals surface area contributed by atoms with Crippen LogP contribution in [0.25, 0.3) is 11.4 Å². The Morgan fingerprint density at radius 1 is 1.07 bits per heavy atom. The van der Waals surface area contributed by atoms with Crippen LogP contribution in [0.4, 0.5) is 13.9 Å². The first-order valence-electron chi connectivity index (χ1n) is 8.88. The van der Waals surface area contributed by atoms with Crippen LogP contribution in [0.3, 0.4) is 0 Å². The maximum atomic E-state index is 11.9. The zero-order valence-corrected chi connectivity index (χ0v) is 16.9. The molecule has 1 aliphatic heterocycles. The highest BCUT2D eigenvalue weighted by Gasteiger charge is 2.19. The Morgan fingerprint density at radius 3 is 2.32 bits per heavy atom. The van der Waals surface area contributed by atoms with Crippen molar-refractivity contribution in [2.45, 2.75) is 6.92 Å². The standard InChI is InChI=1S/C13H16ClN5S.C6H4F2/c1-2-18-3-5-19(6-4-18)13-16-12(17-20-13)10-7-11(14)9-15-8-10;7-5-3-1-2-4-6(5)8/h7-9H,2-6H2,1H3;1-4H. The first-order valence-corrected chi connectivity index (χ1v) is 10.0.